The van der Waals surface area contributed by atoms with Crippen LogP contribution in [0.4, 0.5) is 0 Å². The molecule has 1 fully saturated rings. The van der Waals surface area contributed by atoms with E-state index in [2.05, 4.69) is 24.2 Å². The van der Waals surface area contributed by atoms with Gasteiger partial charge in [0.05, 0.1) is 10.7 Å². The molecule has 2 rings (SSSR count). The second kappa shape index (κ2) is 3.17. The number of hydrogen-bond acceptors (Lipinski definition) is 2. The summed E-state index contributed by atoms with van der Waals surface area (Å²) < 4.78 is 0. The van der Waals surface area contributed by atoms with Gasteiger partial charge in [-0.3, -0.25) is 0 Å². The van der Waals surface area contributed by atoms with Crippen LogP contribution in [0, 0.1) is 5.92 Å². The van der Waals surface area contributed by atoms with Crippen LogP contribution in [0.2, 0.25) is 0 Å². The van der Waals surface area contributed by atoms with Gasteiger partial charge in [-0.25, -0.2) is 4.98 Å². The van der Waals surface area contributed by atoms with E-state index in [0.717, 1.165) is 5.92 Å². The minimum absolute atomic E-state index is 0.592. The van der Waals surface area contributed by atoms with Crippen LogP contribution in [0.5, 0.6) is 0 Å². The normalized spacial score (nSPS) is 17.2. The molecule has 0 bridgehead atoms. The SMILES string of the molecule is CC(C)c1csc(CC2CC2)n1. The topological polar surface area (TPSA) is 12.9 Å². The molecule has 0 spiro atoms. The maximum atomic E-state index is 4.61. The fourth-order valence-electron chi connectivity index (χ4n) is 1.25. The molecule has 0 unspecified atom stereocenters. The van der Waals surface area contributed by atoms with Crippen LogP contribution in [-0.2, 0) is 6.42 Å². The molecule has 0 saturated heterocycles. The molecule has 0 aromatic carbocycles. The van der Waals surface area contributed by atoms with E-state index in [1.165, 1.54) is 30.0 Å². The molecule has 0 amide bonds. The van der Waals surface area contributed by atoms with Gasteiger partial charge in [-0.1, -0.05) is 13.8 Å². The van der Waals surface area contributed by atoms with Gasteiger partial charge in [0.25, 0.3) is 0 Å². The molecule has 1 heterocycles. The Balaban J connectivity index is 2.02. The van der Waals surface area contributed by atoms with Gasteiger partial charge < -0.3 is 0 Å². The van der Waals surface area contributed by atoms with Gasteiger partial charge in [0.15, 0.2) is 0 Å². The Hall–Kier alpha value is -0.370. The van der Waals surface area contributed by atoms with Crippen molar-refractivity contribution in [3.05, 3.63) is 16.1 Å². The highest BCUT2D eigenvalue weighted by Crippen LogP contribution is 2.33. The van der Waals surface area contributed by atoms with Gasteiger partial charge in [0.2, 0.25) is 0 Å². The van der Waals surface area contributed by atoms with E-state index in [-0.39, 0.29) is 0 Å². The first-order chi connectivity index (χ1) is 5.75. The Labute approximate surface area is 77.8 Å². The van der Waals surface area contributed by atoms with Crippen molar-refractivity contribution in [1.29, 1.82) is 0 Å². The van der Waals surface area contributed by atoms with Gasteiger partial charge in [-0.2, -0.15) is 0 Å². The highest BCUT2D eigenvalue weighted by atomic mass is 32.1. The molecule has 1 saturated carbocycles. The summed E-state index contributed by atoms with van der Waals surface area (Å²) in [5, 5.41) is 3.56. The first kappa shape index (κ1) is 8.24. The summed E-state index contributed by atoms with van der Waals surface area (Å²) in [7, 11) is 0. The average Bonchev–Trinajstić information content (AvgIpc) is 2.66. The van der Waals surface area contributed by atoms with E-state index in [1.54, 1.807) is 0 Å². The molecule has 0 radical (unpaired) electrons. The molecule has 1 nitrogen and oxygen atoms in total. The monoisotopic (exact) mass is 181 g/mol. The standard InChI is InChI=1S/C10H15NS/c1-7(2)9-6-12-10(11-9)5-8-3-4-8/h6-8H,3-5H2,1-2H3. The van der Waals surface area contributed by atoms with Crippen molar-refractivity contribution < 1.29 is 0 Å². The van der Waals surface area contributed by atoms with E-state index in [4.69, 9.17) is 0 Å². The van der Waals surface area contributed by atoms with Crippen LogP contribution in [0.3, 0.4) is 0 Å². The molecule has 1 aromatic heterocycles. The van der Waals surface area contributed by atoms with Crippen LogP contribution in [0.25, 0.3) is 0 Å². The Morgan fingerprint density at radius 1 is 1.58 bits per heavy atom. The van der Waals surface area contributed by atoms with Crippen molar-refractivity contribution >= 4 is 11.3 Å². The molecule has 12 heavy (non-hydrogen) atoms. The van der Waals surface area contributed by atoms with Crippen LogP contribution in [0.15, 0.2) is 5.38 Å². The van der Waals surface area contributed by atoms with Crippen molar-refractivity contribution in [1.82, 2.24) is 4.98 Å². The van der Waals surface area contributed by atoms with Crippen molar-refractivity contribution in [2.24, 2.45) is 5.92 Å². The Kier molecular flexibility index (Phi) is 2.18. The lowest BCUT2D eigenvalue weighted by Gasteiger charge is -1.96. The largest absolute Gasteiger partial charge is 0.246 e. The summed E-state index contributed by atoms with van der Waals surface area (Å²) >= 11 is 1.84. The minimum Gasteiger partial charge on any atom is -0.246 e. The Morgan fingerprint density at radius 2 is 2.33 bits per heavy atom. The lowest BCUT2D eigenvalue weighted by Crippen LogP contribution is -1.90. The highest BCUT2D eigenvalue weighted by Gasteiger charge is 2.22. The van der Waals surface area contributed by atoms with Crippen LogP contribution in [0.1, 0.15) is 43.3 Å². The third-order valence-corrected chi connectivity index (χ3v) is 3.21. The summed E-state index contributed by atoms with van der Waals surface area (Å²) in [4.78, 5) is 4.61. The van der Waals surface area contributed by atoms with Crippen molar-refractivity contribution in [2.75, 3.05) is 0 Å². The average molecular weight is 181 g/mol. The zero-order chi connectivity index (χ0) is 8.55. The first-order valence-electron chi connectivity index (χ1n) is 4.70. The Bertz CT molecular complexity index is 261. The molecule has 2 heteroatoms. The summed E-state index contributed by atoms with van der Waals surface area (Å²) in [6.45, 7) is 4.41. The number of hydrogen-bond donors (Lipinski definition) is 0. The number of aromatic nitrogens is 1. The molecule has 1 aromatic rings. The van der Waals surface area contributed by atoms with Crippen molar-refractivity contribution in [3.63, 3.8) is 0 Å². The molecule has 0 aliphatic heterocycles. The van der Waals surface area contributed by atoms with Crippen molar-refractivity contribution in [2.45, 2.75) is 39.0 Å². The second-order valence-corrected chi connectivity index (χ2v) is 4.91. The number of nitrogens with zero attached hydrogens (tertiary/aromatic N) is 1. The molecule has 0 N–H and O–H groups in total. The summed E-state index contributed by atoms with van der Waals surface area (Å²) in [5.41, 5.74) is 1.27. The number of rotatable bonds is 3. The van der Waals surface area contributed by atoms with Gasteiger partial charge in [0.1, 0.15) is 0 Å². The van der Waals surface area contributed by atoms with E-state index in [0.29, 0.717) is 5.92 Å². The molecular weight excluding hydrogens is 166 g/mol. The molecule has 1 aliphatic carbocycles. The first-order valence-corrected chi connectivity index (χ1v) is 5.58. The predicted octanol–water partition coefficient (Wildman–Crippen LogP) is 3.22. The smallest absolute Gasteiger partial charge is 0.0931 e. The lowest BCUT2D eigenvalue weighted by atomic mass is 10.2. The molecule has 1 aliphatic rings. The predicted molar refractivity (Wildman–Crippen MR) is 52.6 cm³/mol. The third kappa shape index (κ3) is 1.86. The molecular formula is C10H15NS. The summed E-state index contributed by atoms with van der Waals surface area (Å²) in [6.07, 6.45) is 4.09. The van der Waals surface area contributed by atoms with Crippen molar-refractivity contribution in [3.8, 4) is 0 Å². The second-order valence-electron chi connectivity index (χ2n) is 3.97. The maximum Gasteiger partial charge on any atom is 0.0931 e. The van der Waals surface area contributed by atoms with E-state index in [1.807, 2.05) is 11.3 Å². The van der Waals surface area contributed by atoms with E-state index >= 15 is 0 Å². The highest BCUT2D eigenvalue weighted by molar-refractivity contribution is 7.09. The lowest BCUT2D eigenvalue weighted by molar-refractivity contribution is 0.787. The van der Waals surface area contributed by atoms with Gasteiger partial charge >= 0.3 is 0 Å². The fraction of sp³-hybridized carbons (Fsp3) is 0.700. The van der Waals surface area contributed by atoms with Crippen LogP contribution >= 0.6 is 11.3 Å². The quantitative estimate of drug-likeness (QED) is 0.697. The zero-order valence-electron chi connectivity index (χ0n) is 7.71. The summed E-state index contributed by atoms with van der Waals surface area (Å²) in [6, 6.07) is 0. The minimum atomic E-state index is 0.592. The molecule has 0 atom stereocenters. The fourth-order valence-corrected chi connectivity index (χ4v) is 2.32. The van der Waals surface area contributed by atoms with Gasteiger partial charge in [0, 0.05) is 11.8 Å². The zero-order valence-corrected chi connectivity index (χ0v) is 8.53. The Morgan fingerprint density at radius 3 is 2.83 bits per heavy atom. The summed E-state index contributed by atoms with van der Waals surface area (Å²) in [5.74, 6) is 1.56. The third-order valence-electron chi connectivity index (χ3n) is 2.32. The van der Waals surface area contributed by atoms with Gasteiger partial charge in [-0.05, 0) is 24.7 Å². The van der Waals surface area contributed by atoms with Gasteiger partial charge in [-0.15, -0.1) is 11.3 Å². The van der Waals surface area contributed by atoms with E-state index < -0.39 is 0 Å². The molecule has 66 valence electrons. The van der Waals surface area contributed by atoms with Crippen LogP contribution in [-0.4, -0.2) is 4.98 Å². The van der Waals surface area contributed by atoms with Crippen LogP contribution < -0.4 is 0 Å². The number of thiazole rings is 1. The maximum absolute atomic E-state index is 4.61. The van der Waals surface area contributed by atoms with E-state index in [9.17, 15) is 0 Å².